The minimum atomic E-state index is 0.413. The number of hydrogen-bond donors (Lipinski definition) is 1. The second-order valence-electron chi connectivity index (χ2n) is 5.10. The van der Waals surface area contributed by atoms with Crippen molar-refractivity contribution in [3.8, 4) is 0 Å². The summed E-state index contributed by atoms with van der Waals surface area (Å²) >= 11 is 5.04. The van der Waals surface area contributed by atoms with Gasteiger partial charge in [0, 0.05) is 6.04 Å². The first-order valence-corrected chi connectivity index (χ1v) is 7.49. The third-order valence-electron chi connectivity index (χ3n) is 3.71. The van der Waals surface area contributed by atoms with Crippen LogP contribution in [0.15, 0.2) is 18.2 Å². The SMILES string of the molecule is CCN(CC)C(CCC(N)=S)c1cc(C)ccc1C. The van der Waals surface area contributed by atoms with Crippen LogP contribution in [-0.2, 0) is 0 Å². The van der Waals surface area contributed by atoms with Crippen LogP contribution in [0.1, 0.15) is 49.4 Å². The van der Waals surface area contributed by atoms with E-state index in [4.69, 9.17) is 18.0 Å². The summed E-state index contributed by atoms with van der Waals surface area (Å²) in [5.41, 5.74) is 9.76. The summed E-state index contributed by atoms with van der Waals surface area (Å²) in [6.45, 7) is 10.9. The van der Waals surface area contributed by atoms with Crippen molar-refractivity contribution in [2.75, 3.05) is 13.1 Å². The summed E-state index contributed by atoms with van der Waals surface area (Å²) in [5.74, 6) is 0. The van der Waals surface area contributed by atoms with Crippen molar-refractivity contribution in [1.29, 1.82) is 0 Å². The maximum Gasteiger partial charge on any atom is 0.0728 e. The zero-order chi connectivity index (χ0) is 14.4. The number of rotatable bonds is 7. The Morgan fingerprint density at radius 3 is 2.42 bits per heavy atom. The normalized spacial score (nSPS) is 12.7. The Bertz CT molecular complexity index is 425. The molecule has 0 aliphatic rings. The fourth-order valence-electron chi connectivity index (χ4n) is 2.60. The van der Waals surface area contributed by atoms with Crippen LogP contribution in [0.2, 0.25) is 0 Å². The van der Waals surface area contributed by atoms with Gasteiger partial charge in [-0.05, 0) is 50.9 Å². The molecule has 0 bridgehead atoms. The molecule has 0 aliphatic heterocycles. The highest BCUT2D eigenvalue weighted by Crippen LogP contribution is 2.29. The van der Waals surface area contributed by atoms with Crippen LogP contribution in [0, 0.1) is 13.8 Å². The number of hydrogen-bond acceptors (Lipinski definition) is 2. The van der Waals surface area contributed by atoms with E-state index in [1.54, 1.807) is 0 Å². The van der Waals surface area contributed by atoms with Gasteiger partial charge in [-0.2, -0.15) is 0 Å². The first-order valence-electron chi connectivity index (χ1n) is 7.09. The van der Waals surface area contributed by atoms with Crippen LogP contribution in [0.5, 0.6) is 0 Å². The Labute approximate surface area is 123 Å². The fourth-order valence-corrected chi connectivity index (χ4v) is 2.71. The van der Waals surface area contributed by atoms with Gasteiger partial charge in [0.15, 0.2) is 0 Å². The molecule has 2 nitrogen and oxygen atoms in total. The molecule has 1 aromatic carbocycles. The molecule has 2 N–H and O–H groups in total. The Hall–Kier alpha value is -0.930. The van der Waals surface area contributed by atoms with Crippen LogP contribution in [0.3, 0.4) is 0 Å². The molecular formula is C16H26N2S. The summed E-state index contributed by atoms with van der Waals surface area (Å²) in [4.78, 5) is 3.10. The average molecular weight is 278 g/mol. The highest BCUT2D eigenvalue weighted by molar-refractivity contribution is 7.80. The number of nitrogens with zero attached hydrogens (tertiary/aromatic N) is 1. The molecule has 106 valence electrons. The quantitative estimate of drug-likeness (QED) is 0.770. The molecule has 19 heavy (non-hydrogen) atoms. The second-order valence-corrected chi connectivity index (χ2v) is 5.63. The van der Waals surface area contributed by atoms with E-state index >= 15 is 0 Å². The molecule has 0 heterocycles. The van der Waals surface area contributed by atoms with Gasteiger partial charge in [0.05, 0.1) is 4.99 Å². The van der Waals surface area contributed by atoms with E-state index < -0.39 is 0 Å². The zero-order valence-electron chi connectivity index (χ0n) is 12.6. The van der Waals surface area contributed by atoms with Gasteiger partial charge >= 0.3 is 0 Å². The maximum atomic E-state index is 5.68. The zero-order valence-corrected chi connectivity index (χ0v) is 13.4. The Kier molecular flexibility index (Phi) is 6.46. The van der Waals surface area contributed by atoms with Crippen LogP contribution < -0.4 is 5.73 Å². The first-order chi connectivity index (χ1) is 8.99. The third kappa shape index (κ3) is 4.59. The molecule has 0 fully saturated rings. The predicted molar refractivity (Wildman–Crippen MR) is 87.6 cm³/mol. The molecule has 3 heteroatoms. The molecule has 0 amide bonds. The van der Waals surface area contributed by atoms with Crippen molar-refractivity contribution >= 4 is 17.2 Å². The maximum absolute atomic E-state index is 5.68. The Morgan fingerprint density at radius 2 is 1.89 bits per heavy atom. The van der Waals surface area contributed by atoms with Crippen molar-refractivity contribution in [3.63, 3.8) is 0 Å². The van der Waals surface area contributed by atoms with Crippen LogP contribution in [-0.4, -0.2) is 23.0 Å². The average Bonchev–Trinajstić information content (AvgIpc) is 2.37. The van der Waals surface area contributed by atoms with Gasteiger partial charge in [-0.3, -0.25) is 4.90 Å². The van der Waals surface area contributed by atoms with Gasteiger partial charge in [0.1, 0.15) is 0 Å². The molecule has 1 aromatic rings. The van der Waals surface area contributed by atoms with E-state index in [9.17, 15) is 0 Å². The van der Waals surface area contributed by atoms with Gasteiger partial charge in [-0.15, -0.1) is 0 Å². The summed E-state index contributed by atoms with van der Waals surface area (Å²) in [7, 11) is 0. The van der Waals surface area contributed by atoms with Crippen molar-refractivity contribution < 1.29 is 0 Å². The van der Waals surface area contributed by atoms with E-state index in [2.05, 4.69) is 50.8 Å². The van der Waals surface area contributed by atoms with Crippen molar-refractivity contribution in [2.24, 2.45) is 5.73 Å². The summed E-state index contributed by atoms with van der Waals surface area (Å²) in [5, 5.41) is 0. The molecule has 0 aliphatic carbocycles. The van der Waals surface area contributed by atoms with Gasteiger partial charge in [0.2, 0.25) is 0 Å². The van der Waals surface area contributed by atoms with Crippen molar-refractivity contribution in [2.45, 2.75) is 46.6 Å². The molecule has 0 spiro atoms. The highest BCUT2D eigenvalue weighted by atomic mass is 32.1. The lowest BCUT2D eigenvalue weighted by Crippen LogP contribution is -2.30. The third-order valence-corrected chi connectivity index (χ3v) is 3.92. The van der Waals surface area contributed by atoms with Crippen molar-refractivity contribution in [3.05, 3.63) is 34.9 Å². The molecule has 1 rings (SSSR count). The monoisotopic (exact) mass is 278 g/mol. The van der Waals surface area contributed by atoms with E-state index in [0.29, 0.717) is 11.0 Å². The van der Waals surface area contributed by atoms with Crippen LogP contribution in [0.4, 0.5) is 0 Å². The standard InChI is InChI=1S/C16H26N2S/c1-5-18(6-2)15(9-10-16(17)19)14-11-12(3)7-8-13(14)4/h7-8,11,15H,5-6,9-10H2,1-4H3,(H2,17,19). The lowest BCUT2D eigenvalue weighted by Gasteiger charge is -2.31. The lowest BCUT2D eigenvalue weighted by molar-refractivity contribution is 0.209. The Morgan fingerprint density at radius 1 is 1.26 bits per heavy atom. The molecule has 0 saturated carbocycles. The largest absolute Gasteiger partial charge is 0.393 e. The van der Waals surface area contributed by atoms with E-state index in [0.717, 1.165) is 25.9 Å². The van der Waals surface area contributed by atoms with E-state index in [-0.39, 0.29) is 0 Å². The number of nitrogens with two attached hydrogens (primary N) is 1. The van der Waals surface area contributed by atoms with Gasteiger partial charge in [0.25, 0.3) is 0 Å². The predicted octanol–water partition coefficient (Wildman–Crippen LogP) is 3.75. The lowest BCUT2D eigenvalue weighted by atomic mass is 9.94. The molecular weight excluding hydrogens is 252 g/mol. The second kappa shape index (κ2) is 7.61. The van der Waals surface area contributed by atoms with E-state index in [1.807, 2.05) is 0 Å². The van der Waals surface area contributed by atoms with Gasteiger partial charge < -0.3 is 5.73 Å². The first kappa shape index (κ1) is 16.1. The van der Waals surface area contributed by atoms with Gasteiger partial charge in [-0.1, -0.05) is 49.8 Å². The van der Waals surface area contributed by atoms with E-state index in [1.165, 1.54) is 16.7 Å². The number of thiocarbonyl (C=S) groups is 1. The topological polar surface area (TPSA) is 29.3 Å². The highest BCUT2D eigenvalue weighted by Gasteiger charge is 2.19. The fraction of sp³-hybridized carbons (Fsp3) is 0.562. The minimum absolute atomic E-state index is 0.413. The minimum Gasteiger partial charge on any atom is -0.393 e. The Balaban J connectivity index is 3.06. The smallest absolute Gasteiger partial charge is 0.0728 e. The summed E-state index contributed by atoms with van der Waals surface area (Å²) < 4.78 is 0. The molecule has 0 aromatic heterocycles. The number of benzene rings is 1. The summed E-state index contributed by atoms with van der Waals surface area (Å²) in [6, 6.07) is 7.10. The molecule has 0 saturated heterocycles. The summed E-state index contributed by atoms with van der Waals surface area (Å²) in [6.07, 6.45) is 1.81. The molecule has 0 radical (unpaired) electrons. The van der Waals surface area contributed by atoms with Crippen molar-refractivity contribution in [1.82, 2.24) is 4.90 Å². The molecule has 1 unspecified atom stereocenters. The number of aryl methyl sites for hydroxylation is 2. The van der Waals surface area contributed by atoms with Crippen LogP contribution >= 0.6 is 12.2 Å². The van der Waals surface area contributed by atoms with Crippen LogP contribution in [0.25, 0.3) is 0 Å². The molecule has 1 atom stereocenters. The van der Waals surface area contributed by atoms with Gasteiger partial charge in [-0.25, -0.2) is 0 Å².